The zero-order valence-corrected chi connectivity index (χ0v) is 23.8. The Morgan fingerprint density at radius 1 is 0.974 bits per heavy atom. The number of carbonyl (C=O) groups excluding carboxylic acids is 1. The molecular formula is C27H31BN4O6S. The maximum atomic E-state index is 13.7. The molecule has 1 aliphatic heterocycles. The Balaban J connectivity index is 1.64. The average Bonchev–Trinajstić information content (AvgIpc) is 3.53. The molecule has 10 nitrogen and oxygen atoms in total. The minimum atomic E-state index is -3.97. The maximum absolute atomic E-state index is 13.7. The number of nitrogens with zero attached hydrogens (tertiary/aromatic N) is 4. The molecule has 1 aliphatic rings. The number of pyridine rings is 1. The number of benzene rings is 1. The molecule has 0 aliphatic carbocycles. The fourth-order valence-electron chi connectivity index (χ4n) is 4.19. The summed E-state index contributed by atoms with van der Waals surface area (Å²) in [6.07, 6.45) is 5.52. The van der Waals surface area contributed by atoms with E-state index in [4.69, 9.17) is 14.0 Å². The van der Waals surface area contributed by atoms with Crippen molar-refractivity contribution in [3.05, 3.63) is 61.2 Å². The second-order valence-corrected chi connectivity index (χ2v) is 13.4. The zero-order chi connectivity index (χ0) is 28.4. The van der Waals surface area contributed by atoms with Gasteiger partial charge in [0.25, 0.3) is 10.0 Å². The van der Waals surface area contributed by atoms with Crippen LogP contribution in [0.3, 0.4) is 0 Å². The molecule has 1 fully saturated rings. The summed E-state index contributed by atoms with van der Waals surface area (Å²) < 4.78 is 47.5. The molecule has 4 aromatic rings. The summed E-state index contributed by atoms with van der Waals surface area (Å²) >= 11 is 0. The van der Waals surface area contributed by atoms with Crippen molar-refractivity contribution < 1.29 is 27.3 Å². The normalized spacial score (nSPS) is 17.1. The summed E-state index contributed by atoms with van der Waals surface area (Å²) in [5.74, 6) is 0. The molecule has 0 N–H and O–H groups in total. The molecule has 3 aromatic heterocycles. The van der Waals surface area contributed by atoms with E-state index in [9.17, 15) is 13.2 Å². The van der Waals surface area contributed by atoms with E-state index in [1.165, 1.54) is 24.5 Å². The van der Waals surface area contributed by atoms with Gasteiger partial charge < -0.3 is 14.0 Å². The summed E-state index contributed by atoms with van der Waals surface area (Å²) in [4.78, 5) is 17.2. The molecule has 39 heavy (non-hydrogen) atoms. The summed E-state index contributed by atoms with van der Waals surface area (Å²) in [6.45, 7) is 13.1. The van der Waals surface area contributed by atoms with Gasteiger partial charge in [-0.15, -0.1) is 0 Å². The number of hydrogen-bond acceptors (Lipinski definition) is 8. The summed E-state index contributed by atoms with van der Waals surface area (Å²) in [5, 5.41) is 4.68. The van der Waals surface area contributed by atoms with Gasteiger partial charge in [0.05, 0.1) is 22.3 Å². The first-order chi connectivity index (χ1) is 18.1. The Morgan fingerprint density at radius 2 is 1.62 bits per heavy atom. The number of aromatic nitrogens is 4. The molecule has 0 spiro atoms. The van der Waals surface area contributed by atoms with Gasteiger partial charge in [-0.05, 0) is 66.7 Å². The number of ether oxygens (including phenoxy) is 1. The van der Waals surface area contributed by atoms with Crippen LogP contribution in [-0.2, 0) is 24.1 Å². The standard InChI is InChI=1S/C27H31BN4O6S/c1-25(2,3)36-24(33)31-16-19(15-30-31)18-13-21-22(28-37-26(4,5)27(6,7)38-28)17-32(23(21)29-14-18)39(34,35)20-11-9-8-10-12-20/h8-17H,1-7H3. The largest absolute Gasteiger partial charge is 0.497 e. The zero-order valence-electron chi connectivity index (χ0n) is 23.0. The fourth-order valence-corrected chi connectivity index (χ4v) is 5.54. The molecule has 1 saturated heterocycles. The monoisotopic (exact) mass is 550 g/mol. The molecule has 0 unspecified atom stereocenters. The smallest absolute Gasteiger partial charge is 0.442 e. The summed E-state index contributed by atoms with van der Waals surface area (Å²) in [5.41, 5.74) is 0.0466. The van der Waals surface area contributed by atoms with Gasteiger partial charge in [-0.3, -0.25) is 0 Å². The Bertz CT molecular complexity index is 1650. The van der Waals surface area contributed by atoms with Crippen molar-refractivity contribution >= 4 is 39.7 Å². The number of fused-ring (bicyclic) bond motifs is 1. The molecular weight excluding hydrogens is 519 g/mol. The van der Waals surface area contributed by atoms with Gasteiger partial charge in [-0.25, -0.2) is 22.2 Å². The first-order valence-corrected chi connectivity index (χ1v) is 14.0. The first kappa shape index (κ1) is 27.1. The summed E-state index contributed by atoms with van der Waals surface area (Å²) in [6, 6.07) is 9.97. The van der Waals surface area contributed by atoms with Gasteiger partial charge >= 0.3 is 13.2 Å². The molecule has 204 valence electrons. The van der Waals surface area contributed by atoms with Crippen LogP contribution < -0.4 is 5.46 Å². The third-order valence-electron chi connectivity index (χ3n) is 6.95. The van der Waals surface area contributed by atoms with Crippen LogP contribution in [0.25, 0.3) is 22.2 Å². The van der Waals surface area contributed by atoms with E-state index in [0.29, 0.717) is 22.0 Å². The molecule has 1 aromatic carbocycles. The van der Waals surface area contributed by atoms with Crippen molar-refractivity contribution in [2.45, 2.75) is 70.2 Å². The highest BCUT2D eigenvalue weighted by Gasteiger charge is 2.52. The van der Waals surface area contributed by atoms with Crippen LogP contribution in [0.2, 0.25) is 0 Å². The van der Waals surface area contributed by atoms with E-state index in [1.54, 1.807) is 57.4 Å². The van der Waals surface area contributed by atoms with Gasteiger partial charge in [-0.1, -0.05) is 18.2 Å². The fraction of sp³-hybridized carbons (Fsp3) is 0.370. The first-order valence-electron chi connectivity index (χ1n) is 12.5. The third-order valence-corrected chi connectivity index (χ3v) is 8.61. The molecule has 0 amide bonds. The van der Waals surface area contributed by atoms with Crippen molar-refractivity contribution in [2.24, 2.45) is 0 Å². The van der Waals surface area contributed by atoms with Crippen LogP contribution in [0.4, 0.5) is 4.79 Å². The molecule has 0 bridgehead atoms. The Kier molecular flexibility index (Phi) is 6.28. The number of hydrogen-bond donors (Lipinski definition) is 0. The van der Waals surface area contributed by atoms with Gasteiger partial charge in [-0.2, -0.15) is 9.78 Å². The van der Waals surface area contributed by atoms with Crippen LogP contribution in [-0.4, -0.2) is 57.2 Å². The van der Waals surface area contributed by atoms with Crippen LogP contribution in [0.1, 0.15) is 48.5 Å². The number of carbonyl (C=O) groups is 1. The Morgan fingerprint density at radius 3 is 2.23 bits per heavy atom. The van der Waals surface area contributed by atoms with Crippen molar-refractivity contribution in [3.63, 3.8) is 0 Å². The lowest BCUT2D eigenvalue weighted by atomic mass is 9.79. The van der Waals surface area contributed by atoms with Crippen molar-refractivity contribution in [1.29, 1.82) is 0 Å². The van der Waals surface area contributed by atoms with Gasteiger partial charge in [0, 0.05) is 40.6 Å². The highest BCUT2D eigenvalue weighted by Crippen LogP contribution is 2.37. The Hall–Kier alpha value is -3.48. The third kappa shape index (κ3) is 4.88. The van der Waals surface area contributed by atoms with Crippen LogP contribution in [0.5, 0.6) is 0 Å². The molecule has 4 heterocycles. The van der Waals surface area contributed by atoms with Crippen molar-refractivity contribution in [3.8, 4) is 11.1 Å². The molecule has 0 radical (unpaired) electrons. The van der Waals surface area contributed by atoms with Gasteiger partial charge in [0.2, 0.25) is 0 Å². The lowest BCUT2D eigenvalue weighted by Crippen LogP contribution is -2.41. The van der Waals surface area contributed by atoms with E-state index >= 15 is 0 Å². The second-order valence-electron chi connectivity index (χ2n) is 11.5. The van der Waals surface area contributed by atoms with Crippen LogP contribution in [0.15, 0.2) is 66.1 Å². The topological polar surface area (TPSA) is 115 Å². The molecule has 5 rings (SSSR count). The highest BCUT2D eigenvalue weighted by atomic mass is 32.2. The van der Waals surface area contributed by atoms with Crippen LogP contribution >= 0.6 is 0 Å². The van der Waals surface area contributed by atoms with E-state index < -0.39 is 40.0 Å². The minimum Gasteiger partial charge on any atom is -0.442 e. The quantitative estimate of drug-likeness (QED) is 0.347. The lowest BCUT2D eigenvalue weighted by Gasteiger charge is -2.32. The van der Waals surface area contributed by atoms with Crippen molar-refractivity contribution in [1.82, 2.24) is 18.7 Å². The molecule has 12 heteroatoms. The highest BCUT2D eigenvalue weighted by molar-refractivity contribution is 7.90. The minimum absolute atomic E-state index is 0.131. The van der Waals surface area contributed by atoms with E-state index in [1.807, 2.05) is 27.7 Å². The maximum Gasteiger partial charge on any atom is 0.497 e. The molecule has 0 saturated carbocycles. The number of rotatable bonds is 4. The van der Waals surface area contributed by atoms with E-state index in [2.05, 4.69) is 10.1 Å². The SMILES string of the molecule is CC(C)(C)OC(=O)n1cc(-c2cnc3c(c2)c(B2OC(C)(C)C(C)(C)O2)cn3S(=O)(=O)c2ccccc2)cn1. The van der Waals surface area contributed by atoms with Gasteiger partial charge in [0.15, 0.2) is 5.65 Å². The van der Waals surface area contributed by atoms with Crippen LogP contribution in [0, 0.1) is 0 Å². The Labute approximate surface area is 228 Å². The van der Waals surface area contributed by atoms with E-state index in [0.717, 1.165) is 8.65 Å². The average molecular weight is 550 g/mol. The molecule has 0 atom stereocenters. The predicted molar refractivity (Wildman–Crippen MR) is 147 cm³/mol. The second kappa shape index (κ2) is 9.04. The van der Waals surface area contributed by atoms with Gasteiger partial charge in [0.1, 0.15) is 5.60 Å². The predicted octanol–water partition coefficient (Wildman–Crippen LogP) is 4.22. The van der Waals surface area contributed by atoms with Crippen molar-refractivity contribution in [2.75, 3.05) is 0 Å². The van der Waals surface area contributed by atoms with E-state index in [-0.39, 0.29) is 10.5 Å². The summed E-state index contributed by atoms with van der Waals surface area (Å²) in [7, 11) is -4.80. The lowest BCUT2D eigenvalue weighted by molar-refractivity contribution is 0.00578.